The number of fused-ring (bicyclic) bond motifs is 3. The number of ether oxygens (including phenoxy) is 1. The van der Waals surface area contributed by atoms with Crippen LogP contribution >= 0.6 is 0 Å². The van der Waals surface area contributed by atoms with E-state index in [2.05, 4.69) is 15.4 Å². The number of aliphatic hydroxyl groups excluding tert-OH is 2. The summed E-state index contributed by atoms with van der Waals surface area (Å²) in [5.74, 6) is -8.51. The molecule has 1 heterocycles. The van der Waals surface area contributed by atoms with E-state index >= 15 is 0 Å². The van der Waals surface area contributed by atoms with Crippen LogP contribution in [0.4, 0.5) is 13.2 Å². The number of phenolic OH excluding ortho intramolecular Hbond substituents is 1. The molecule has 1 saturated heterocycles. The molecule has 1 aromatic carbocycles. The standard InChI is InChI=1S/C26H28F3N3O7/c1-2-31-19-11-6-9-7-12-16(14(33)8-10(13-4-3-5-32-13)24(12)39-26(27,28)29)20(34)15(9)21(35)17(11)22(36)18(23(19)37)25(30)38/h8-9,11,13,17,19,31-33,35,37H,2-7H2,1H3,(H2,30,38)/t9-,11-,13?,17-,19+/m1/s1. The molecule has 0 bridgehead atoms. The Labute approximate surface area is 220 Å². The average Bonchev–Trinajstić information content (AvgIpc) is 3.36. The van der Waals surface area contributed by atoms with Gasteiger partial charge in [-0.2, -0.15) is 0 Å². The second-order valence-corrected chi connectivity index (χ2v) is 10.3. The molecule has 0 radical (unpaired) electrons. The van der Waals surface area contributed by atoms with Gasteiger partial charge in [-0.1, -0.05) is 6.92 Å². The van der Waals surface area contributed by atoms with E-state index in [1.54, 1.807) is 6.92 Å². The molecular weight excluding hydrogens is 523 g/mol. The fourth-order valence-corrected chi connectivity index (χ4v) is 6.65. The van der Waals surface area contributed by atoms with Crippen LogP contribution in [0.5, 0.6) is 11.5 Å². The zero-order valence-corrected chi connectivity index (χ0v) is 20.9. The van der Waals surface area contributed by atoms with Crippen molar-refractivity contribution in [1.82, 2.24) is 10.6 Å². The monoisotopic (exact) mass is 551 g/mol. The lowest BCUT2D eigenvalue weighted by atomic mass is 9.61. The summed E-state index contributed by atoms with van der Waals surface area (Å²) in [6.45, 7) is 2.58. The highest BCUT2D eigenvalue weighted by Crippen LogP contribution is 2.52. The minimum Gasteiger partial charge on any atom is -0.511 e. The van der Waals surface area contributed by atoms with Crippen molar-refractivity contribution < 1.29 is 47.6 Å². The van der Waals surface area contributed by atoms with Crippen LogP contribution in [0.2, 0.25) is 0 Å². The number of carbonyl (C=O) groups is 3. The number of Topliss-reactive ketones (excluding diaryl/α,β-unsaturated/α-hetero) is 2. The number of hydrogen-bond acceptors (Lipinski definition) is 9. The molecule has 39 heavy (non-hydrogen) atoms. The molecule has 10 nitrogen and oxygen atoms in total. The Morgan fingerprint density at radius 2 is 1.95 bits per heavy atom. The van der Waals surface area contributed by atoms with E-state index < -0.39 is 87.8 Å². The van der Waals surface area contributed by atoms with Gasteiger partial charge in [0, 0.05) is 22.7 Å². The first-order valence-corrected chi connectivity index (χ1v) is 12.7. The van der Waals surface area contributed by atoms with Crippen LogP contribution in [0.15, 0.2) is 28.7 Å². The molecule has 5 atom stereocenters. The Bertz CT molecular complexity index is 1330. The number of primary amides is 1. The van der Waals surface area contributed by atoms with Gasteiger partial charge in [0.1, 0.15) is 28.6 Å². The van der Waals surface area contributed by atoms with Crippen LogP contribution in [0, 0.1) is 17.8 Å². The van der Waals surface area contributed by atoms with Gasteiger partial charge in [0.05, 0.1) is 17.5 Å². The van der Waals surface area contributed by atoms with Gasteiger partial charge < -0.3 is 36.4 Å². The number of benzene rings is 1. The fraction of sp³-hybridized carbons (Fsp3) is 0.500. The Morgan fingerprint density at radius 1 is 1.23 bits per heavy atom. The maximum atomic E-state index is 13.7. The molecule has 1 aromatic rings. The van der Waals surface area contributed by atoms with Crippen molar-refractivity contribution >= 4 is 17.5 Å². The summed E-state index contributed by atoms with van der Waals surface area (Å²) in [7, 11) is 0. The molecular formula is C26H28F3N3O7. The van der Waals surface area contributed by atoms with Gasteiger partial charge >= 0.3 is 6.36 Å². The lowest BCUT2D eigenvalue weighted by Crippen LogP contribution is -2.53. The zero-order chi connectivity index (χ0) is 28.4. The number of likely N-dealkylation sites (N-methyl/N-ethyl adjacent to an activating group) is 1. The third kappa shape index (κ3) is 4.33. The first kappa shape index (κ1) is 27.0. The van der Waals surface area contributed by atoms with Crippen molar-refractivity contribution in [3.8, 4) is 11.5 Å². The normalized spacial score (nSPS) is 28.8. The Hall–Kier alpha value is -3.58. The number of nitrogens with two attached hydrogens (primary N) is 1. The largest absolute Gasteiger partial charge is 0.573 e. The van der Waals surface area contributed by atoms with E-state index in [9.17, 15) is 42.9 Å². The van der Waals surface area contributed by atoms with Crippen LogP contribution in [-0.2, 0) is 16.0 Å². The van der Waals surface area contributed by atoms with E-state index in [0.29, 0.717) is 25.9 Å². The van der Waals surface area contributed by atoms with Gasteiger partial charge in [-0.25, -0.2) is 0 Å². The van der Waals surface area contributed by atoms with E-state index in [4.69, 9.17) is 5.73 Å². The third-order valence-electron chi connectivity index (χ3n) is 8.10. The van der Waals surface area contributed by atoms with Crippen molar-refractivity contribution in [2.75, 3.05) is 13.1 Å². The zero-order valence-electron chi connectivity index (χ0n) is 20.9. The molecule has 1 aliphatic heterocycles. The molecule has 0 saturated carbocycles. The topological polar surface area (TPSA) is 171 Å². The van der Waals surface area contributed by atoms with Crippen molar-refractivity contribution in [3.05, 3.63) is 45.4 Å². The minimum absolute atomic E-state index is 0.00682. The molecule has 1 unspecified atom stereocenters. The number of aliphatic hydroxyl groups is 2. The summed E-state index contributed by atoms with van der Waals surface area (Å²) >= 11 is 0. The lowest BCUT2D eigenvalue weighted by Gasteiger charge is -2.44. The number of aromatic hydroxyl groups is 1. The van der Waals surface area contributed by atoms with Crippen molar-refractivity contribution in [2.24, 2.45) is 23.5 Å². The van der Waals surface area contributed by atoms with Crippen molar-refractivity contribution in [1.29, 1.82) is 0 Å². The molecule has 1 amide bonds. The number of phenols is 1. The van der Waals surface area contributed by atoms with E-state index in [0.717, 1.165) is 6.07 Å². The Balaban J connectivity index is 1.67. The molecule has 4 aliphatic rings. The Kier molecular flexibility index (Phi) is 6.62. The molecule has 0 aromatic heterocycles. The summed E-state index contributed by atoms with van der Waals surface area (Å²) in [6.07, 6.45) is -4.08. The molecule has 1 fully saturated rings. The quantitative estimate of drug-likeness (QED) is 0.301. The van der Waals surface area contributed by atoms with Crippen molar-refractivity contribution in [3.63, 3.8) is 0 Å². The van der Waals surface area contributed by atoms with Crippen LogP contribution in [0.25, 0.3) is 0 Å². The number of halogens is 3. The van der Waals surface area contributed by atoms with Gasteiger partial charge in [-0.05, 0) is 56.7 Å². The smallest absolute Gasteiger partial charge is 0.511 e. The SMILES string of the molecule is CCN[C@@H]1C(O)=C(C(N)=O)C(=O)[C@H]2C(O)=C3C(=O)c4c(O)cc(C5CCCN5)c(OC(F)(F)F)c4C[C@H]3C[C@H]21. The summed E-state index contributed by atoms with van der Waals surface area (Å²) in [5, 5.41) is 38.9. The average molecular weight is 552 g/mol. The highest BCUT2D eigenvalue weighted by Gasteiger charge is 2.54. The summed E-state index contributed by atoms with van der Waals surface area (Å²) < 4.78 is 45.1. The minimum atomic E-state index is -5.08. The van der Waals surface area contributed by atoms with E-state index in [1.807, 2.05) is 0 Å². The predicted molar refractivity (Wildman–Crippen MR) is 129 cm³/mol. The number of alkyl halides is 3. The first-order valence-electron chi connectivity index (χ1n) is 12.7. The molecule has 210 valence electrons. The highest BCUT2D eigenvalue weighted by molar-refractivity contribution is 6.22. The maximum absolute atomic E-state index is 13.7. The number of rotatable bonds is 5. The molecule has 0 spiro atoms. The third-order valence-corrected chi connectivity index (χ3v) is 8.10. The van der Waals surface area contributed by atoms with Gasteiger partial charge in [-0.3, -0.25) is 14.4 Å². The number of carbonyl (C=O) groups excluding carboxylic acids is 3. The molecule has 3 aliphatic carbocycles. The van der Waals surface area contributed by atoms with E-state index in [1.165, 1.54) is 0 Å². The van der Waals surface area contributed by atoms with Gasteiger partial charge in [0.25, 0.3) is 5.91 Å². The van der Waals surface area contributed by atoms with Gasteiger partial charge in [-0.15, -0.1) is 13.2 Å². The van der Waals surface area contributed by atoms with E-state index in [-0.39, 0.29) is 29.5 Å². The summed E-state index contributed by atoms with van der Waals surface area (Å²) in [6, 6.07) is -0.435. The van der Waals surface area contributed by atoms with Crippen LogP contribution in [0.3, 0.4) is 0 Å². The number of hydrogen-bond donors (Lipinski definition) is 6. The number of allylic oxidation sites excluding steroid dienone is 2. The van der Waals surface area contributed by atoms with Gasteiger partial charge in [0.2, 0.25) is 0 Å². The predicted octanol–water partition coefficient (Wildman–Crippen LogP) is 2.38. The summed E-state index contributed by atoms with van der Waals surface area (Å²) in [4.78, 5) is 38.9. The molecule has 13 heteroatoms. The first-order chi connectivity index (χ1) is 18.4. The number of nitrogens with one attached hydrogen (secondary N) is 2. The second-order valence-electron chi connectivity index (χ2n) is 10.3. The highest BCUT2D eigenvalue weighted by atomic mass is 19.4. The molecule has 7 N–H and O–H groups in total. The van der Waals surface area contributed by atoms with Crippen molar-refractivity contribution in [2.45, 2.75) is 51.1 Å². The maximum Gasteiger partial charge on any atom is 0.573 e. The summed E-state index contributed by atoms with van der Waals surface area (Å²) in [5.41, 5.74) is 3.92. The fourth-order valence-electron chi connectivity index (χ4n) is 6.65. The Morgan fingerprint density at radius 3 is 2.54 bits per heavy atom. The number of amides is 1. The van der Waals surface area contributed by atoms with Crippen LogP contribution < -0.4 is 21.1 Å². The second kappa shape index (κ2) is 9.56. The van der Waals surface area contributed by atoms with Crippen LogP contribution in [-0.4, -0.2) is 58.3 Å². The van der Waals surface area contributed by atoms with Gasteiger partial charge in [0.15, 0.2) is 11.6 Å². The number of ketones is 2. The lowest BCUT2D eigenvalue weighted by molar-refractivity contribution is -0.275. The van der Waals surface area contributed by atoms with Crippen LogP contribution in [0.1, 0.15) is 53.7 Å². The molecule has 5 rings (SSSR count).